The van der Waals surface area contributed by atoms with Crippen molar-refractivity contribution in [3.8, 4) is 0 Å². The van der Waals surface area contributed by atoms with Gasteiger partial charge in [-0.25, -0.2) is 0 Å². The van der Waals surface area contributed by atoms with E-state index in [0.29, 0.717) is 25.5 Å². The Labute approximate surface area is 182 Å². The van der Waals surface area contributed by atoms with Crippen LogP contribution in [0.2, 0.25) is 0 Å². The van der Waals surface area contributed by atoms with Gasteiger partial charge >= 0.3 is 0 Å². The van der Waals surface area contributed by atoms with Crippen LogP contribution in [0.5, 0.6) is 0 Å². The standard InChI is InChI=1S/C24H28N4O3/c29-24-22(17-25-19-5-7-20(8-6-19)27-11-15-31-16-12-27)21-3-1-2-4-23(21)28(24)18-26-9-13-30-14-10-26/h1-8,17,25H,9-16,18H2. The molecule has 7 nitrogen and oxygen atoms in total. The van der Waals surface area contributed by atoms with E-state index < -0.39 is 0 Å². The molecular formula is C24H28N4O3. The lowest BCUT2D eigenvalue weighted by molar-refractivity contribution is -0.113. The van der Waals surface area contributed by atoms with Crippen LogP contribution in [0.3, 0.4) is 0 Å². The first-order valence-corrected chi connectivity index (χ1v) is 10.9. The normalized spacial score (nSPS) is 20.9. The van der Waals surface area contributed by atoms with E-state index in [9.17, 15) is 4.79 Å². The van der Waals surface area contributed by atoms with Crippen molar-refractivity contribution in [3.05, 3.63) is 60.3 Å². The van der Waals surface area contributed by atoms with Crippen LogP contribution in [0, 0.1) is 0 Å². The Morgan fingerprint density at radius 3 is 2.29 bits per heavy atom. The molecule has 0 saturated carbocycles. The van der Waals surface area contributed by atoms with E-state index in [2.05, 4.69) is 39.4 Å². The molecule has 3 aliphatic rings. The zero-order valence-electron chi connectivity index (χ0n) is 17.6. The highest BCUT2D eigenvalue weighted by atomic mass is 16.5. The summed E-state index contributed by atoms with van der Waals surface area (Å²) in [5.41, 5.74) is 4.79. The number of nitrogens with zero attached hydrogens (tertiary/aromatic N) is 3. The molecule has 2 aromatic rings. The van der Waals surface area contributed by atoms with E-state index in [0.717, 1.165) is 56.3 Å². The smallest absolute Gasteiger partial charge is 0.261 e. The lowest BCUT2D eigenvalue weighted by atomic mass is 10.1. The minimum absolute atomic E-state index is 0.0325. The number of nitrogens with one attached hydrogen (secondary N) is 1. The van der Waals surface area contributed by atoms with Crippen LogP contribution in [0.4, 0.5) is 17.1 Å². The molecule has 31 heavy (non-hydrogen) atoms. The first kappa shape index (κ1) is 20.1. The Bertz CT molecular complexity index is 948. The predicted molar refractivity (Wildman–Crippen MR) is 122 cm³/mol. The SMILES string of the molecule is O=C1C(=CNc2ccc(N3CCOCC3)cc2)c2ccccc2N1CN1CCOCC1. The van der Waals surface area contributed by atoms with Crippen molar-refractivity contribution in [2.75, 3.05) is 74.4 Å². The average molecular weight is 421 g/mol. The van der Waals surface area contributed by atoms with Gasteiger partial charge in [-0.2, -0.15) is 0 Å². The number of hydrogen-bond donors (Lipinski definition) is 1. The summed E-state index contributed by atoms with van der Waals surface area (Å²) in [5, 5.41) is 3.33. The van der Waals surface area contributed by atoms with Crippen LogP contribution in [0.15, 0.2) is 54.7 Å². The molecule has 1 amide bonds. The molecule has 2 aromatic carbocycles. The number of para-hydroxylation sites is 1. The van der Waals surface area contributed by atoms with Gasteiger partial charge in [-0.1, -0.05) is 18.2 Å². The van der Waals surface area contributed by atoms with E-state index >= 15 is 0 Å². The lowest BCUT2D eigenvalue weighted by Gasteiger charge is -2.30. The molecule has 3 heterocycles. The molecule has 0 aromatic heterocycles. The molecule has 0 unspecified atom stereocenters. The minimum Gasteiger partial charge on any atom is -0.379 e. The maximum absolute atomic E-state index is 13.3. The summed E-state index contributed by atoms with van der Waals surface area (Å²) in [5.74, 6) is 0.0325. The fourth-order valence-corrected chi connectivity index (χ4v) is 4.27. The molecule has 0 radical (unpaired) electrons. The van der Waals surface area contributed by atoms with Crippen molar-refractivity contribution in [2.24, 2.45) is 0 Å². The summed E-state index contributed by atoms with van der Waals surface area (Å²) in [6.45, 7) is 7.09. The second-order valence-electron chi connectivity index (χ2n) is 7.97. The molecule has 1 N–H and O–H groups in total. The second-order valence-corrected chi connectivity index (χ2v) is 7.97. The van der Waals surface area contributed by atoms with Crippen LogP contribution in [-0.4, -0.2) is 70.1 Å². The first-order valence-electron chi connectivity index (χ1n) is 10.9. The van der Waals surface area contributed by atoms with Gasteiger partial charge in [-0.15, -0.1) is 0 Å². The van der Waals surface area contributed by atoms with Crippen molar-refractivity contribution in [1.82, 2.24) is 4.90 Å². The van der Waals surface area contributed by atoms with Gasteiger partial charge in [0.15, 0.2) is 0 Å². The van der Waals surface area contributed by atoms with E-state index in [1.807, 2.05) is 35.4 Å². The molecule has 0 bridgehead atoms. The van der Waals surface area contributed by atoms with Crippen LogP contribution in [0.1, 0.15) is 5.56 Å². The monoisotopic (exact) mass is 420 g/mol. The van der Waals surface area contributed by atoms with Crippen LogP contribution < -0.4 is 15.1 Å². The van der Waals surface area contributed by atoms with Gasteiger partial charge in [0, 0.05) is 49.3 Å². The molecule has 2 saturated heterocycles. The number of ether oxygens (including phenoxy) is 2. The summed E-state index contributed by atoms with van der Waals surface area (Å²) in [4.78, 5) is 19.7. The Hall–Kier alpha value is -2.87. The van der Waals surface area contributed by atoms with E-state index in [1.54, 1.807) is 0 Å². The summed E-state index contributed by atoms with van der Waals surface area (Å²) in [6, 6.07) is 16.3. The van der Waals surface area contributed by atoms with Crippen molar-refractivity contribution in [1.29, 1.82) is 0 Å². The highest BCUT2D eigenvalue weighted by Crippen LogP contribution is 2.36. The number of rotatable bonds is 5. The second kappa shape index (κ2) is 9.09. The summed E-state index contributed by atoms with van der Waals surface area (Å²) < 4.78 is 10.9. The number of anilines is 3. The van der Waals surface area contributed by atoms with Gasteiger partial charge in [0.25, 0.3) is 5.91 Å². The molecule has 5 rings (SSSR count). The predicted octanol–water partition coefficient (Wildman–Crippen LogP) is 2.61. The Morgan fingerprint density at radius 2 is 1.55 bits per heavy atom. The van der Waals surface area contributed by atoms with Crippen molar-refractivity contribution in [2.45, 2.75) is 0 Å². The van der Waals surface area contributed by atoms with Crippen molar-refractivity contribution < 1.29 is 14.3 Å². The zero-order chi connectivity index (χ0) is 21.0. The molecule has 0 spiro atoms. The third kappa shape index (κ3) is 4.30. The highest BCUT2D eigenvalue weighted by molar-refractivity contribution is 6.32. The van der Waals surface area contributed by atoms with Gasteiger partial charge in [0.05, 0.1) is 44.4 Å². The average Bonchev–Trinajstić information content (AvgIpc) is 3.10. The molecule has 3 aliphatic heterocycles. The number of amides is 1. The molecule has 2 fully saturated rings. The van der Waals surface area contributed by atoms with E-state index in [4.69, 9.17) is 9.47 Å². The maximum atomic E-state index is 13.3. The molecular weight excluding hydrogens is 392 g/mol. The largest absolute Gasteiger partial charge is 0.379 e. The summed E-state index contributed by atoms with van der Waals surface area (Å²) in [6.07, 6.45) is 1.84. The molecule has 0 atom stereocenters. The number of carbonyl (C=O) groups is 1. The Kier molecular flexibility index (Phi) is 5.88. The number of fused-ring (bicyclic) bond motifs is 1. The fraction of sp³-hybridized carbons (Fsp3) is 0.375. The van der Waals surface area contributed by atoms with Gasteiger partial charge in [-0.3, -0.25) is 14.6 Å². The van der Waals surface area contributed by atoms with Gasteiger partial charge in [0.1, 0.15) is 0 Å². The quantitative estimate of drug-likeness (QED) is 0.751. The summed E-state index contributed by atoms with van der Waals surface area (Å²) >= 11 is 0. The zero-order valence-corrected chi connectivity index (χ0v) is 17.6. The molecule has 162 valence electrons. The number of morpholine rings is 2. The first-order chi connectivity index (χ1) is 15.3. The fourth-order valence-electron chi connectivity index (χ4n) is 4.27. The van der Waals surface area contributed by atoms with E-state index in [-0.39, 0.29) is 5.91 Å². The van der Waals surface area contributed by atoms with Gasteiger partial charge in [0.2, 0.25) is 0 Å². The highest BCUT2D eigenvalue weighted by Gasteiger charge is 2.33. The van der Waals surface area contributed by atoms with Gasteiger partial charge < -0.3 is 19.7 Å². The number of carbonyl (C=O) groups excluding carboxylic acids is 1. The molecule has 7 heteroatoms. The van der Waals surface area contributed by atoms with Crippen molar-refractivity contribution in [3.63, 3.8) is 0 Å². The third-order valence-electron chi connectivity index (χ3n) is 6.03. The van der Waals surface area contributed by atoms with Crippen molar-refractivity contribution >= 4 is 28.5 Å². The van der Waals surface area contributed by atoms with Gasteiger partial charge in [-0.05, 0) is 30.3 Å². The Balaban J connectivity index is 1.31. The van der Waals surface area contributed by atoms with Crippen LogP contribution >= 0.6 is 0 Å². The molecule has 0 aliphatic carbocycles. The number of hydrogen-bond acceptors (Lipinski definition) is 6. The topological polar surface area (TPSA) is 57.3 Å². The minimum atomic E-state index is 0.0325. The van der Waals surface area contributed by atoms with Crippen LogP contribution in [-0.2, 0) is 14.3 Å². The summed E-state index contributed by atoms with van der Waals surface area (Å²) in [7, 11) is 0. The third-order valence-corrected chi connectivity index (χ3v) is 6.03. The lowest BCUT2D eigenvalue weighted by Crippen LogP contribution is -2.45. The number of benzene rings is 2. The Morgan fingerprint density at radius 1 is 0.871 bits per heavy atom. The van der Waals surface area contributed by atoms with E-state index in [1.165, 1.54) is 5.69 Å². The maximum Gasteiger partial charge on any atom is 0.261 e. The van der Waals surface area contributed by atoms with Crippen LogP contribution in [0.25, 0.3) is 5.57 Å².